The molecule has 0 heterocycles. The van der Waals surface area contributed by atoms with Crippen molar-refractivity contribution in [2.24, 2.45) is 17.3 Å². The van der Waals surface area contributed by atoms with Gasteiger partial charge in [0.05, 0.1) is 5.92 Å². The fourth-order valence-electron chi connectivity index (χ4n) is 3.84. The molecule has 4 nitrogen and oxygen atoms in total. The van der Waals surface area contributed by atoms with Gasteiger partial charge in [0.2, 0.25) is 5.91 Å². The Hall–Kier alpha value is -1.84. The van der Waals surface area contributed by atoms with E-state index in [0.29, 0.717) is 6.42 Å². The van der Waals surface area contributed by atoms with Crippen LogP contribution in [0.15, 0.2) is 30.3 Å². The van der Waals surface area contributed by atoms with E-state index in [0.717, 1.165) is 24.8 Å². The van der Waals surface area contributed by atoms with E-state index < -0.39 is 11.9 Å². The summed E-state index contributed by atoms with van der Waals surface area (Å²) in [6.07, 6.45) is 6.24. The zero-order valence-corrected chi connectivity index (χ0v) is 12.8. The molecule has 4 heteroatoms. The number of amides is 1. The summed E-state index contributed by atoms with van der Waals surface area (Å²) in [4.78, 5) is 23.6. The Balaban J connectivity index is 1.52. The molecule has 2 aliphatic rings. The summed E-state index contributed by atoms with van der Waals surface area (Å²) in [5.41, 5.74) is 1.25. The molecule has 2 aliphatic carbocycles. The predicted molar refractivity (Wildman–Crippen MR) is 83.3 cm³/mol. The van der Waals surface area contributed by atoms with Crippen molar-refractivity contribution in [2.75, 3.05) is 6.54 Å². The molecule has 3 rings (SSSR count). The van der Waals surface area contributed by atoms with Gasteiger partial charge in [-0.05, 0) is 36.7 Å². The molecule has 2 fully saturated rings. The van der Waals surface area contributed by atoms with Gasteiger partial charge in [0.25, 0.3) is 0 Å². The van der Waals surface area contributed by atoms with Gasteiger partial charge in [-0.3, -0.25) is 9.59 Å². The maximum atomic E-state index is 12.2. The van der Waals surface area contributed by atoms with Crippen LogP contribution in [0, 0.1) is 17.3 Å². The molecule has 1 aromatic rings. The lowest BCUT2D eigenvalue weighted by Crippen LogP contribution is -2.35. The van der Waals surface area contributed by atoms with Crippen LogP contribution in [0.3, 0.4) is 0 Å². The Morgan fingerprint density at radius 2 is 1.91 bits per heavy atom. The Bertz CT molecular complexity index is 549. The summed E-state index contributed by atoms with van der Waals surface area (Å²) in [6, 6.07) is 9.56. The van der Waals surface area contributed by atoms with Gasteiger partial charge in [0, 0.05) is 12.5 Å². The second-order valence-electron chi connectivity index (χ2n) is 6.80. The molecule has 0 aliphatic heterocycles. The molecular formula is C18H23NO3. The minimum absolute atomic E-state index is 0.0567. The summed E-state index contributed by atoms with van der Waals surface area (Å²) in [5, 5.41) is 12.2. The van der Waals surface area contributed by atoms with Crippen LogP contribution in [0.2, 0.25) is 0 Å². The Morgan fingerprint density at radius 3 is 2.55 bits per heavy atom. The third-order valence-corrected chi connectivity index (χ3v) is 5.30. The highest BCUT2D eigenvalue weighted by molar-refractivity contribution is 5.83. The van der Waals surface area contributed by atoms with E-state index in [2.05, 4.69) is 5.32 Å². The zero-order chi connectivity index (χ0) is 15.6. The fraction of sp³-hybridized carbons (Fsp3) is 0.556. The number of nitrogens with one attached hydrogen (secondary N) is 1. The maximum absolute atomic E-state index is 12.2. The third kappa shape index (κ3) is 3.16. The molecule has 0 saturated heterocycles. The minimum Gasteiger partial charge on any atom is -0.481 e. The van der Waals surface area contributed by atoms with Crippen LogP contribution in [0.5, 0.6) is 0 Å². The number of rotatable bonds is 6. The van der Waals surface area contributed by atoms with Crippen molar-refractivity contribution >= 4 is 11.9 Å². The molecule has 0 radical (unpaired) electrons. The first-order valence-electron chi connectivity index (χ1n) is 8.15. The smallest absolute Gasteiger partial charge is 0.308 e. The van der Waals surface area contributed by atoms with E-state index in [1.54, 1.807) is 0 Å². The summed E-state index contributed by atoms with van der Waals surface area (Å²) in [6.45, 7) is 0.218. The molecule has 118 valence electrons. The third-order valence-electron chi connectivity index (χ3n) is 5.30. The number of carboxylic acid groups (broad SMARTS) is 1. The van der Waals surface area contributed by atoms with E-state index in [9.17, 15) is 14.7 Å². The normalized spacial score (nSPS) is 23.2. The highest BCUT2D eigenvalue weighted by Gasteiger charge is 2.58. The van der Waals surface area contributed by atoms with Crippen molar-refractivity contribution in [1.29, 1.82) is 0 Å². The van der Waals surface area contributed by atoms with Crippen LogP contribution < -0.4 is 5.32 Å². The van der Waals surface area contributed by atoms with Crippen LogP contribution in [-0.2, 0) is 16.0 Å². The first-order valence-corrected chi connectivity index (χ1v) is 8.15. The predicted octanol–water partition coefficient (Wildman–Crippen LogP) is 2.63. The SMILES string of the molecule is O=C(O)C(CNC(=O)C1CC12CCCC2)Cc1ccccc1. The van der Waals surface area contributed by atoms with Crippen LogP contribution in [0.1, 0.15) is 37.7 Å². The van der Waals surface area contributed by atoms with Crippen LogP contribution >= 0.6 is 0 Å². The van der Waals surface area contributed by atoms with Gasteiger partial charge in [-0.1, -0.05) is 43.2 Å². The number of carbonyl (C=O) groups is 2. The standard InChI is InChI=1S/C18H23NO3/c20-16(15-11-18(15)8-4-5-9-18)19-12-14(17(21)22)10-13-6-2-1-3-7-13/h1-3,6-7,14-15H,4-5,8-12H2,(H,19,20)(H,21,22). The number of aliphatic carboxylic acids is 1. The molecule has 1 amide bonds. The maximum Gasteiger partial charge on any atom is 0.308 e. The number of hydrogen-bond donors (Lipinski definition) is 2. The molecule has 2 N–H and O–H groups in total. The second kappa shape index (κ2) is 6.11. The molecule has 1 spiro atoms. The highest BCUT2D eigenvalue weighted by Crippen LogP contribution is 2.62. The summed E-state index contributed by atoms with van der Waals surface area (Å²) in [5.74, 6) is -1.23. The molecule has 0 aromatic heterocycles. The van der Waals surface area contributed by atoms with Crippen molar-refractivity contribution in [3.8, 4) is 0 Å². The minimum atomic E-state index is -0.851. The van der Waals surface area contributed by atoms with Gasteiger partial charge in [0.1, 0.15) is 0 Å². The summed E-state index contributed by atoms with van der Waals surface area (Å²) >= 11 is 0. The Labute approximate surface area is 130 Å². The molecular weight excluding hydrogens is 278 g/mol. The first kappa shape index (κ1) is 15.1. The van der Waals surface area contributed by atoms with Crippen molar-refractivity contribution in [2.45, 2.75) is 38.5 Å². The van der Waals surface area contributed by atoms with Gasteiger partial charge in [0.15, 0.2) is 0 Å². The topological polar surface area (TPSA) is 66.4 Å². The van der Waals surface area contributed by atoms with Gasteiger partial charge in [-0.2, -0.15) is 0 Å². The lowest BCUT2D eigenvalue weighted by Gasteiger charge is -2.14. The van der Waals surface area contributed by atoms with Gasteiger partial charge in [-0.25, -0.2) is 0 Å². The largest absolute Gasteiger partial charge is 0.481 e. The lowest BCUT2D eigenvalue weighted by molar-refractivity contribution is -0.141. The number of benzene rings is 1. The first-order chi connectivity index (χ1) is 10.6. The van der Waals surface area contributed by atoms with Crippen LogP contribution in [-0.4, -0.2) is 23.5 Å². The van der Waals surface area contributed by atoms with Crippen molar-refractivity contribution in [1.82, 2.24) is 5.32 Å². The Morgan fingerprint density at radius 1 is 1.23 bits per heavy atom. The molecule has 2 atom stereocenters. The van der Waals surface area contributed by atoms with E-state index in [1.807, 2.05) is 30.3 Å². The molecule has 2 saturated carbocycles. The van der Waals surface area contributed by atoms with Crippen molar-refractivity contribution in [3.63, 3.8) is 0 Å². The van der Waals surface area contributed by atoms with Gasteiger partial charge < -0.3 is 10.4 Å². The van der Waals surface area contributed by atoms with E-state index >= 15 is 0 Å². The monoisotopic (exact) mass is 301 g/mol. The van der Waals surface area contributed by atoms with Gasteiger partial charge >= 0.3 is 5.97 Å². The summed E-state index contributed by atoms with van der Waals surface area (Å²) < 4.78 is 0. The van der Waals surface area contributed by atoms with E-state index in [1.165, 1.54) is 12.8 Å². The average molecular weight is 301 g/mol. The average Bonchev–Trinajstić information content (AvgIpc) is 3.01. The molecule has 1 aromatic carbocycles. The number of hydrogen-bond acceptors (Lipinski definition) is 2. The second-order valence-corrected chi connectivity index (χ2v) is 6.80. The highest BCUT2D eigenvalue weighted by atomic mass is 16.4. The lowest BCUT2D eigenvalue weighted by atomic mass is 9.98. The molecule has 0 bridgehead atoms. The zero-order valence-electron chi connectivity index (χ0n) is 12.8. The number of carbonyl (C=O) groups excluding carboxylic acids is 1. The molecule has 22 heavy (non-hydrogen) atoms. The van der Waals surface area contributed by atoms with E-state index in [4.69, 9.17) is 0 Å². The van der Waals surface area contributed by atoms with Crippen LogP contribution in [0.4, 0.5) is 0 Å². The van der Waals surface area contributed by atoms with E-state index in [-0.39, 0.29) is 23.8 Å². The Kier molecular flexibility index (Phi) is 4.19. The van der Waals surface area contributed by atoms with Crippen molar-refractivity contribution in [3.05, 3.63) is 35.9 Å². The fourth-order valence-corrected chi connectivity index (χ4v) is 3.84. The van der Waals surface area contributed by atoms with Crippen LogP contribution in [0.25, 0.3) is 0 Å². The van der Waals surface area contributed by atoms with Crippen molar-refractivity contribution < 1.29 is 14.7 Å². The molecule has 2 unspecified atom stereocenters. The van der Waals surface area contributed by atoms with Gasteiger partial charge in [-0.15, -0.1) is 0 Å². The number of carboxylic acids is 1. The summed E-state index contributed by atoms with van der Waals surface area (Å²) in [7, 11) is 0. The quantitative estimate of drug-likeness (QED) is 0.849.